The summed E-state index contributed by atoms with van der Waals surface area (Å²) in [7, 11) is 0. The van der Waals surface area contributed by atoms with Crippen LogP contribution in [0.2, 0.25) is 0 Å². The van der Waals surface area contributed by atoms with E-state index in [1.54, 1.807) is 0 Å². The molecule has 0 unspecified atom stereocenters. The number of rotatable bonds is 0. The standard InChI is InChI=1S/Na.9H2O.S/h;9*1H2;/q+1;;;;;;;;;;-2/p+1. The van der Waals surface area contributed by atoms with Crippen LogP contribution >= 0.6 is 0 Å². The van der Waals surface area contributed by atoms with E-state index in [1.807, 2.05) is 0 Å². The van der Waals surface area contributed by atoms with E-state index in [1.165, 1.54) is 0 Å². The average Bonchev–Trinajstić information content (AvgIpc) is 0. The van der Waals surface area contributed by atoms with E-state index in [0.29, 0.717) is 0 Å². The molecule has 18 N–H and O–H groups in total. The van der Waals surface area contributed by atoms with Gasteiger partial charge in [0.1, 0.15) is 0 Å². The van der Waals surface area contributed by atoms with Crippen molar-refractivity contribution in [1.82, 2.24) is 0 Å². The van der Waals surface area contributed by atoms with E-state index in [-0.39, 0.29) is 93.8 Å². The van der Waals surface area contributed by atoms with Gasteiger partial charge in [-0.1, -0.05) is 0 Å². The van der Waals surface area contributed by atoms with Gasteiger partial charge in [-0.05, 0) is 0 Å². The average molecular weight is 218 g/mol. The summed E-state index contributed by atoms with van der Waals surface area (Å²) in [5, 5.41) is 0. The van der Waals surface area contributed by atoms with Crippen LogP contribution in [0, 0.1) is 0 Å². The summed E-state index contributed by atoms with van der Waals surface area (Å²) < 4.78 is 0. The molecule has 0 spiro atoms. The first-order chi connectivity index (χ1) is 0. The predicted octanol–water partition coefficient (Wildman–Crippen LogP) is -10.3. The Balaban J connectivity index is 0. The van der Waals surface area contributed by atoms with Crippen molar-refractivity contribution in [2.24, 2.45) is 0 Å². The molecule has 0 aliphatic rings. The molecule has 0 rings (SSSR count). The summed E-state index contributed by atoms with van der Waals surface area (Å²) in [6.45, 7) is 0. The van der Waals surface area contributed by atoms with Gasteiger partial charge in [0, 0.05) is 0 Å². The Hall–Kier alpha value is 0.990. The van der Waals surface area contributed by atoms with Gasteiger partial charge < -0.3 is 62.8 Å². The van der Waals surface area contributed by atoms with Crippen molar-refractivity contribution in [3.8, 4) is 0 Å². The van der Waals surface area contributed by atoms with Crippen LogP contribution < -0.4 is 29.6 Å². The maximum atomic E-state index is 0. The van der Waals surface area contributed by atoms with Crippen LogP contribution in [0.3, 0.4) is 0 Å². The van der Waals surface area contributed by atoms with E-state index in [0.717, 1.165) is 0 Å². The van der Waals surface area contributed by atoms with Crippen LogP contribution in [0.15, 0.2) is 0 Å². The Morgan fingerprint density at radius 2 is 0.364 bits per heavy atom. The van der Waals surface area contributed by atoms with Crippen LogP contribution in [0.4, 0.5) is 0 Å². The molecular formula is H19NaO9S. The van der Waals surface area contributed by atoms with Crippen molar-refractivity contribution in [3.63, 3.8) is 0 Å². The minimum atomic E-state index is 0. The van der Waals surface area contributed by atoms with Crippen molar-refractivity contribution in [3.05, 3.63) is 0 Å². The quantitative estimate of drug-likeness (QED) is 0.342. The zero-order valence-corrected chi connectivity index (χ0v) is 8.72. The third-order valence-electron chi connectivity index (χ3n) is 0. The van der Waals surface area contributed by atoms with Gasteiger partial charge in [0.2, 0.25) is 0 Å². The number of hydrogen-bond acceptors (Lipinski definition) is 0. The van der Waals surface area contributed by atoms with Crippen LogP contribution in [0.25, 0.3) is 0 Å². The van der Waals surface area contributed by atoms with E-state index in [2.05, 4.69) is 0 Å². The first kappa shape index (κ1) is 1480. The second-order valence-corrected chi connectivity index (χ2v) is 0. The third-order valence-corrected chi connectivity index (χ3v) is 0. The summed E-state index contributed by atoms with van der Waals surface area (Å²) in [6, 6.07) is 0. The van der Waals surface area contributed by atoms with Crippen molar-refractivity contribution in [2.75, 3.05) is 0 Å². The Morgan fingerprint density at radius 3 is 0.364 bits per heavy atom. The first-order valence-electron chi connectivity index (χ1n) is 0. The van der Waals surface area contributed by atoms with Crippen LogP contribution in [0.5, 0.6) is 0 Å². The minimum absolute atomic E-state index is 0. The molecule has 0 fully saturated rings. The van der Waals surface area contributed by atoms with Crippen molar-refractivity contribution >= 4 is 13.5 Å². The zero-order valence-electron chi connectivity index (χ0n) is 6.91. The maximum Gasteiger partial charge on any atom is 1.00 e. The zero-order chi connectivity index (χ0) is 0. The van der Waals surface area contributed by atoms with Gasteiger partial charge >= 0.3 is 31.0 Å². The topological polar surface area (TPSA) is 284 Å². The van der Waals surface area contributed by atoms with Crippen LogP contribution in [-0.4, -0.2) is 49.3 Å². The second kappa shape index (κ2) is 1120. The molecular weight excluding hydrogens is 199 g/mol. The maximum absolute atomic E-state index is 0. The van der Waals surface area contributed by atoms with Crippen LogP contribution in [0.1, 0.15) is 1.43 Å². The van der Waals surface area contributed by atoms with E-state index in [9.17, 15) is 0 Å². The monoisotopic (exact) mass is 218 g/mol. The molecule has 0 bridgehead atoms. The Labute approximate surface area is 93.8 Å². The molecule has 0 saturated carbocycles. The van der Waals surface area contributed by atoms with Crippen molar-refractivity contribution in [1.29, 1.82) is 0 Å². The molecule has 0 aromatic carbocycles. The van der Waals surface area contributed by atoms with Gasteiger partial charge in [-0.2, -0.15) is 0 Å². The Bertz CT molecular complexity index is 14.5. The second-order valence-electron chi connectivity index (χ2n) is 0. The first-order valence-corrected chi connectivity index (χ1v) is 0. The normalized spacial score (nSPS) is 0. The van der Waals surface area contributed by atoms with Gasteiger partial charge in [-0.15, -0.1) is 0 Å². The van der Waals surface area contributed by atoms with Crippen molar-refractivity contribution in [2.45, 2.75) is 0 Å². The Morgan fingerprint density at radius 1 is 0.364 bits per heavy atom. The number of hydrogen-bond donors (Lipinski definition) is 0. The fraction of sp³-hybridized carbons (Fsp3) is 0. The SMILES string of the molecule is O.O.O.O.O.O.O.O.O.[H+].[Na+].[S-2]. The summed E-state index contributed by atoms with van der Waals surface area (Å²) in [4.78, 5) is 0. The molecule has 0 amide bonds. The summed E-state index contributed by atoms with van der Waals surface area (Å²) >= 11 is 0. The summed E-state index contributed by atoms with van der Waals surface area (Å²) in [5.74, 6) is 0. The smallest absolute Gasteiger partial charge is 1.00 e. The molecule has 0 aliphatic heterocycles. The van der Waals surface area contributed by atoms with E-state index >= 15 is 0 Å². The van der Waals surface area contributed by atoms with Gasteiger partial charge in [0.05, 0.1) is 0 Å². The fourth-order valence-corrected chi connectivity index (χ4v) is 0. The van der Waals surface area contributed by atoms with Crippen molar-refractivity contribution < 1.29 is 80.3 Å². The van der Waals surface area contributed by atoms with Crippen LogP contribution in [-0.2, 0) is 13.5 Å². The van der Waals surface area contributed by atoms with E-state index < -0.39 is 0 Å². The molecule has 0 saturated heterocycles. The molecule has 0 aromatic rings. The minimum Gasteiger partial charge on any atom is -2.00 e. The predicted molar refractivity (Wildman–Crippen MR) is 41.0 cm³/mol. The molecule has 11 heavy (non-hydrogen) atoms. The summed E-state index contributed by atoms with van der Waals surface area (Å²) in [6.07, 6.45) is 0. The van der Waals surface area contributed by atoms with Gasteiger partial charge in [-0.3, -0.25) is 0 Å². The Kier molecular flexibility index (Phi) is 150000. The molecule has 0 aliphatic carbocycles. The molecule has 80 valence electrons. The molecule has 0 atom stereocenters. The third kappa shape index (κ3) is 906. The molecule has 0 radical (unpaired) electrons. The molecule has 0 aromatic heterocycles. The van der Waals surface area contributed by atoms with E-state index in [4.69, 9.17) is 0 Å². The van der Waals surface area contributed by atoms with Gasteiger partial charge in [-0.25, -0.2) is 0 Å². The molecule has 0 heterocycles. The molecule has 11 heteroatoms. The largest absolute Gasteiger partial charge is 2.00 e. The fourth-order valence-electron chi connectivity index (χ4n) is 0. The summed E-state index contributed by atoms with van der Waals surface area (Å²) in [5.41, 5.74) is 0. The van der Waals surface area contributed by atoms with Gasteiger partial charge in [0.15, 0.2) is 0 Å². The van der Waals surface area contributed by atoms with Gasteiger partial charge in [0.25, 0.3) is 0 Å². The molecule has 9 nitrogen and oxygen atoms in total.